The van der Waals surface area contributed by atoms with Crippen molar-refractivity contribution in [1.82, 2.24) is 0 Å². The van der Waals surface area contributed by atoms with Gasteiger partial charge < -0.3 is 13.9 Å². The average molecular weight is 629 g/mol. The van der Waals surface area contributed by atoms with Gasteiger partial charge in [-0.1, -0.05) is 62.1 Å². The summed E-state index contributed by atoms with van der Waals surface area (Å²) in [5.74, 6) is 2.27. The Bertz CT molecular complexity index is 1160. The second-order valence-corrected chi connectivity index (χ2v) is 11.8. The van der Waals surface area contributed by atoms with E-state index in [1.165, 1.54) is 11.1 Å². The molecule has 0 N–H and O–H groups in total. The van der Waals surface area contributed by atoms with E-state index >= 15 is 0 Å². The monoisotopic (exact) mass is 628 g/mol. The van der Waals surface area contributed by atoms with Gasteiger partial charge in [-0.3, -0.25) is 9.98 Å². The molecule has 0 fully saturated rings. The van der Waals surface area contributed by atoms with E-state index in [4.69, 9.17) is 44.1 Å². The summed E-state index contributed by atoms with van der Waals surface area (Å²) < 4.78 is 18.8. The number of nitrogens with zero attached hydrogens (tertiary/aromatic N) is 2. The summed E-state index contributed by atoms with van der Waals surface area (Å²) in [7, 11) is 9.53. The van der Waals surface area contributed by atoms with Crippen LogP contribution in [0.5, 0.6) is 11.5 Å². The Morgan fingerprint density at radius 2 is 1.00 bits per heavy atom. The molecule has 0 atom stereocenters. The first-order valence-electron chi connectivity index (χ1n) is 13.7. The van der Waals surface area contributed by atoms with Crippen molar-refractivity contribution in [3.05, 3.63) is 69.2 Å². The van der Waals surface area contributed by atoms with Gasteiger partial charge in [0.15, 0.2) is 11.5 Å². The molecule has 8 heteroatoms. The fourth-order valence-electron chi connectivity index (χ4n) is 4.51. The minimum absolute atomic E-state index is 0.194. The van der Waals surface area contributed by atoms with Crippen LogP contribution in [0, 0.1) is 41.5 Å². The fourth-order valence-corrected chi connectivity index (χ4v) is 4.51. The van der Waals surface area contributed by atoms with Gasteiger partial charge in [-0.15, -0.1) is 0 Å². The number of hydrogen-bond donors (Lipinski definition) is 0. The number of aryl methyl sites for hydroxylation is 6. The van der Waals surface area contributed by atoms with Gasteiger partial charge in [-0.05, 0) is 76.6 Å². The van der Waals surface area contributed by atoms with Crippen LogP contribution in [0.2, 0.25) is 0 Å². The van der Waals surface area contributed by atoms with Gasteiger partial charge in [-0.25, -0.2) is 0 Å². The zero-order chi connectivity index (χ0) is 29.7. The van der Waals surface area contributed by atoms with Crippen molar-refractivity contribution in [2.45, 2.75) is 81.1 Å². The van der Waals surface area contributed by atoms with E-state index in [1.807, 2.05) is 0 Å². The maximum atomic E-state index is 6.31. The van der Waals surface area contributed by atoms with E-state index in [0.29, 0.717) is 36.2 Å². The Kier molecular flexibility index (Phi) is 14.9. The van der Waals surface area contributed by atoms with E-state index in [-0.39, 0.29) is 13.1 Å². The summed E-state index contributed by atoms with van der Waals surface area (Å²) in [4.78, 5) is 9.63. The SMILES string of the molecule is CCCCOc1c(C=Nc2c(C)cc(C)cc2C)oc(C=Nc2c(C)cc(C)cc2C)c1OCCCC.[Cl][Fe][Cl]. The molecule has 5 nitrogen and oxygen atoms in total. The Hall–Kier alpha value is -2.24. The van der Waals surface area contributed by atoms with Crippen molar-refractivity contribution >= 4 is 44.0 Å². The van der Waals surface area contributed by atoms with Gasteiger partial charge in [0, 0.05) is 0 Å². The molecule has 1 heterocycles. The molecule has 0 aliphatic rings. The summed E-state index contributed by atoms with van der Waals surface area (Å²) in [5, 5.41) is 0. The van der Waals surface area contributed by atoms with Crippen molar-refractivity contribution < 1.29 is 27.0 Å². The summed E-state index contributed by atoms with van der Waals surface area (Å²) >= 11 is 0.194. The molecular weight excluding hydrogens is 587 g/mol. The number of aliphatic imine (C=N–C) groups is 2. The minimum atomic E-state index is 0.194. The van der Waals surface area contributed by atoms with Crippen LogP contribution in [-0.2, 0) is 13.1 Å². The van der Waals surface area contributed by atoms with Crippen LogP contribution in [0.15, 0.2) is 38.7 Å². The first-order chi connectivity index (χ1) is 19.2. The van der Waals surface area contributed by atoms with E-state index in [9.17, 15) is 0 Å². The standard InChI is InChI=1S/C32H42N2O3.2ClH.Fe/c1-9-11-13-35-31-27(19-33-29-23(5)15-21(3)16-24(29)6)37-28(32(31)36-14-12-10-2)20-34-30-25(7)17-22(4)18-26(30)8;;;/h15-20H,9-14H2,1-8H3;2*1H;/q;;;+2/p-2. The van der Waals surface area contributed by atoms with E-state index < -0.39 is 0 Å². The van der Waals surface area contributed by atoms with Gasteiger partial charge in [0.25, 0.3) is 0 Å². The molecule has 2 aromatic carbocycles. The van der Waals surface area contributed by atoms with Crippen LogP contribution in [0.3, 0.4) is 0 Å². The van der Waals surface area contributed by atoms with Crippen LogP contribution in [0.1, 0.15) is 84.4 Å². The molecule has 0 saturated heterocycles. The summed E-state index contributed by atoms with van der Waals surface area (Å²) in [6, 6.07) is 8.57. The Labute approximate surface area is 255 Å². The number of benzene rings is 2. The number of halogens is 2. The van der Waals surface area contributed by atoms with E-state index in [2.05, 4.69) is 79.7 Å². The summed E-state index contributed by atoms with van der Waals surface area (Å²) in [5.41, 5.74) is 8.83. The first-order valence-corrected chi connectivity index (χ1v) is 16.7. The zero-order valence-electron chi connectivity index (χ0n) is 24.9. The number of rotatable bonds is 12. The van der Waals surface area contributed by atoms with Crippen molar-refractivity contribution in [3.8, 4) is 11.5 Å². The number of unbranched alkanes of at least 4 members (excludes halogenated alkanes) is 2. The second kappa shape index (κ2) is 17.5. The third-order valence-electron chi connectivity index (χ3n) is 6.25. The molecule has 0 unspecified atom stereocenters. The molecule has 220 valence electrons. The topological polar surface area (TPSA) is 56.3 Å². The molecule has 1 aromatic heterocycles. The molecule has 0 aliphatic heterocycles. The second-order valence-electron chi connectivity index (χ2n) is 9.95. The predicted octanol–water partition coefficient (Wildman–Crippen LogP) is 10.4. The zero-order valence-corrected chi connectivity index (χ0v) is 27.6. The van der Waals surface area contributed by atoms with Crippen molar-refractivity contribution in [1.29, 1.82) is 0 Å². The third kappa shape index (κ3) is 9.99. The molecular formula is C32H42Cl2FeN2O3. The van der Waals surface area contributed by atoms with Crippen LogP contribution < -0.4 is 9.47 Å². The Morgan fingerprint density at radius 3 is 1.30 bits per heavy atom. The van der Waals surface area contributed by atoms with Crippen molar-refractivity contribution in [2.24, 2.45) is 9.98 Å². The maximum absolute atomic E-state index is 6.31. The number of furan rings is 1. The van der Waals surface area contributed by atoms with Gasteiger partial charge >= 0.3 is 33.3 Å². The van der Waals surface area contributed by atoms with E-state index in [1.54, 1.807) is 12.4 Å². The molecule has 3 aromatic rings. The summed E-state index contributed by atoms with van der Waals surface area (Å²) in [6.07, 6.45) is 7.45. The molecule has 40 heavy (non-hydrogen) atoms. The molecule has 0 amide bonds. The van der Waals surface area contributed by atoms with Gasteiger partial charge in [0.05, 0.1) is 37.0 Å². The quantitative estimate of drug-likeness (QED) is 0.114. The van der Waals surface area contributed by atoms with Crippen LogP contribution >= 0.6 is 20.2 Å². The number of hydrogen-bond acceptors (Lipinski definition) is 5. The normalized spacial score (nSPS) is 11.3. The van der Waals surface area contributed by atoms with E-state index in [0.717, 1.165) is 59.3 Å². The first kappa shape index (κ1) is 34.0. The Morgan fingerprint density at radius 1 is 0.675 bits per heavy atom. The number of ether oxygens (including phenoxy) is 2. The van der Waals surface area contributed by atoms with Crippen LogP contribution in [0.25, 0.3) is 0 Å². The van der Waals surface area contributed by atoms with Crippen molar-refractivity contribution in [2.75, 3.05) is 13.2 Å². The van der Waals surface area contributed by atoms with Crippen LogP contribution in [-0.4, -0.2) is 25.6 Å². The Balaban J connectivity index is 0.00000178. The van der Waals surface area contributed by atoms with Gasteiger partial charge in [0.1, 0.15) is 0 Å². The summed E-state index contributed by atoms with van der Waals surface area (Å²) in [6.45, 7) is 18.0. The third-order valence-corrected chi connectivity index (χ3v) is 6.25. The van der Waals surface area contributed by atoms with Crippen molar-refractivity contribution in [3.63, 3.8) is 0 Å². The molecule has 0 saturated carbocycles. The predicted molar refractivity (Wildman–Crippen MR) is 167 cm³/mol. The molecule has 3 rings (SSSR count). The molecule has 0 aliphatic carbocycles. The van der Waals surface area contributed by atoms with Crippen LogP contribution in [0.4, 0.5) is 11.4 Å². The van der Waals surface area contributed by atoms with Gasteiger partial charge in [0.2, 0.25) is 11.5 Å². The average Bonchev–Trinajstić information content (AvgIpc) is 3.19. The van der Waals surface area contributed by atoms with Gasteiger partial charge in [-0.2, -0.15) is 0 Å². The molecule has 0 radical (unpaired) electrons. The molecule has 0 spiro atoms. The fraction of sp³-hybridized carbons (Fsp3) is 0.438. The molecule has 0 bridgehead atoms.